The Hall–Kier alpha value is -0.910. The van der Waals surface area contributed by atoms with E-state index in [0.717, 1.165) is 17.8 Å². The number of benzene rings is 1. The van der Waals surface area contributed by atoms with Gasteiger partial charge in [-0.25, -0.2) is 4.39 Å². The maximum Gasteiger partial charge on any atom is 0.573 e. The first kappa shape index (κ1) is 11.2. The molecule has 0 aromatic heterocycles. The average Bonchev–Trinajstić information content (AvgIpc) is 2.06. The van der Waals surface area contributed by atoms with Crippen molar-refractivity contribution < 1.29 is 22.3 Å². The van der Waals surface area contributed by atoms with Crippen LogP contribution in [0.1, 0.15) is 0 Å². The van der Waals surface area contributed by atoms with E-state index in [-0.39, 0.29) is 4.90 Å². The van der Waals surface area contributed by atoms with Crippen LogP contribution in [0.2, 0.25) is 0 Å². The minimum Gasteiger partial charge on any atom is -0.403 e. The van der Waals surface area contributed by atoms with Gasteiger partial charge >= 0.3 is 6.36 Å². The normalized spacial score (nSPS) is 11.5. The van der Waals surface area contributed by atoms with E-state index in [1.54, 1.807) is 6.26 Å². The van der Waals surface area contributed by atoms with Gasteiger partial charge in [0.2, 0.25) is 0 Å². The Labute approximate surface area is 82.1 Å². The van der Waals surface area contributed by atoms with Crippen molar-refractivity contribution in [1.82, 2.24) is 0 Å². The lowest BCUT2D eigenvalue weighted by Gasteiger charge is -2.10. The van der Waals surface area contributed by atoms with Crippen molar-refractivity contribution >= 4 is 11.8 Å². The molecule has 0 saturated carbocycles. The van der Waals surface area contributed by atoms with Gasteiger partial charge in [-0.15, -0.1) is 24.9 Å². The average molecular weight is 226 g/mol. The number of hydrogen-bond acceptors (Lipinski definition) is 2. The van der Waals surface area contributed by atoms with Gasteiger partial charge in [-0.2, -0.15) is 0 Å². The summed E-state index contributed by atoms with van der Waals surface area (Å²) in [5.41, 5.74) is 0. The standard InChI is InChI=1S/C8H6F4OS/c1-14-6-4-2-3-5(7(6)9)13-8(10,11)12/h2-4H,1H3. The highest BCUT2D eigenvalue weighted by molar-refractivity contribution is 7.98. The molecule has 1 nitrogen and oxygen atoms in total. The van der Waals surface area contributed by atoms with Gasteiger partial charge in [0.25, 0.3) is 0 Å². The lowest BCUT2D eigenvalue weighted by molar-refractivity contribution is -0.275. The summed E-state index contributed by atoms with van der Waals surface area (Å²) in [4.78, 5) is 0.117. The van der Waals surface area contributed by atoms with Crippen LogP contribution >= 0.6 is 11.8 Å². The number of ether oxygens (including phenoxy) is 1. The van der Waals surface area contributed by atoms with Crippen molar-refractivity contribution in [3.8, 4) is 5.75 Å². The fourth-order valence-electron chi connectivity index (χ4n) is 0.852. The van der Waals surface area contributed by atoms with E-state index in [9.17, 15) is 17.6 Å². The highest BCUT2D eigenvalue weighted by atomic mass is 32.2. The van der Waals surface area contributed by atoms with Crippen LogP contribution in [0, 0.1) is 5.82 Å². The van der Waals surface area contributed by atoms with Crippen LogP contribution in [0.15, 0.2) is 23.1 Å². The summed E-state index contributed by atoms with van der Waals surface area (Å²) in [6.45, 7) is 0. The second kappa shape index (κ2) is 4.08. The first-order chi connectivity index (χ1) is 6.44. The molecular formula is C8H6F4OS. The first-order valence-corrected chi connectivity index (χ1v) is 4.75. The van der Waals surface area contributed by atoms with Gasteiger partial charge in [0.05, 0.1) is 0 Å². The largest absolute Gasteiger partial charge is 0.573 e. The van der Waals surface area contributed by atoms with E-state index >= 15 is 0 Å². The van der Waals surface area contributed by atoms with Crippen molar-refractivity contribution in [3.05, 3.63) is 24.0 Å². The molecule has 0 aliphatic rings. The highest BCUT2D eigenvalue weighted by Gasteiger charge is 2.32. The van der Waals surface area contributed by atoms with E-state index in [1.165, 1.54) is 12.1 Å². The second-order valence-electron chi connectivity index (χ2n) is 2.32. The monoisotopic (exact) mass is 226 g/mol. The zero-order valence-electron chi connectivity index (χ0n) is 7.06. The number of halogens is 4. The summed E-state index contributed by atoms with van der Waals surface area (Å²) in [5, 5.41) is 0. The van der Waals surface area contributed by atoms with Crippen LogP contribution in [0.3, 0.4) is 0 Å². The third kappa shape index (κ3) is 2.80. The molecule has 0 fully saturated rings. The van der Waals surface area contributed by atoms with Crippen LogP contribution in [0.25, 0.3) is 0 Å². The number of rotatable bonds is 2. The zero-order chi connectivity index (χ0) is 10.8. The van der Waals surface area contributed by atoms with E-state index in [0.29, 0.717) is 0 Å². The summed E-state index contributed by atoms with van der Waals surface area (Å²) in [5.74, 6) is -1.79. The number of alkyl halides is 3. The van der Waals surface area contributed by atoms with Crippen molar-refractivity contribution in [2.75, 3.05) is 6.26 Å². The third-order valence-corrected chi connectivity index (χ3v) is 2.13. The lowest BCUT2D eigenvalue weighted by atomic mass is 10.3. The molecule has 1 aromatic carbocycles. The van der Waals surface area contributed by atoms with Crippen LogP contribution in [0.5, 0.6) is 5.75 Å². The maximum absolute atomic E-state index is 13.2. The summed E-state index contributed by atoms with van der Waals surface area (Å²) < 4.78 is 51.9. The summed E-state index contributed by atoms with van der Waals surface area (Å²) in [7, 11) is 0. The van der Waals surface area contributed by atoms with Crippen molar-refractivity contribution in [3.63, 3.8) is 0 Å². The van der Waals surface area contributed by atoms with Gasteiger partial charge in [0, 0.05) is 4.90 Å². The quantitative estimate of drug-likeness (QED) is 0.564. The van der Waals surface area contributed by atoms with Crippen molar-refractivity contribution in [2.24, 2.45) is 0 Å². The smallest absolute Gasteiger partial charge is 0.403 e. The van der Waals surface area contributed by atoms with Crippen molar-refractivity contribution in [1.29, 1.82) is 0 Å². The molecule has 0 radical (unpaired) electrons. The fourth-order valence-corrected chi connectivity index (χ4v) is 1.35. The van der Waals surface area contributed by atoms with Crippen LogP contribution in [0.4, 0.5) is 17.6 Å². The van der Waals surface area contributed by atoms with Gasteiger partial charge in [-0.1, -0.05) is 6.07 Å². The molecule has 0 bridgehead atoms. The Kier molecular flexibility index (Phi) is 3.25. The fraction of sp³-hybridized carbons (Fsp3) is 0.250. The van der Waals surface area contributed by atoms with Crippen LogP contribution in [-0.2, 0) is 0 Å². The highest BCUT2D eigenvalue weighted by Crippen LogP contribution is 2.30. The third-order valence-electron chi connectivity index (χ3n) is 1.37. The van der Waals surface area contributed by atoms with E-state index in [4.69, 9.17) is 0 Å². The van der Waals surface area contributed by atoms with E-state index in [1.807, 2.05) is 0 Å². The van der Waals surface area contributed by atoms with Crippen LogP contribution < -0.4 is 4.74 Å². The molecule has 78 valence electrons. The predicted octanol–water partition coefficient (Wildman–Crippen LogP) is 3.45. The SMILES string of the molecule is CSc1cccc(OC(F)(F)F)c1F. The minimum absolute atomic E-state index is 0.117. The Bertz CT molecular complexity index is 324. The number of hydrogen-bond donors (Lipinski definition) is 0. The Morgan fingerprint density at radius 1 is 1.29 bits per heavy atom. The Morgan fingerprint density at radius 3 is 2.43 bits per heavy atom. The van der Waals surface area contributed by atoms with Crippen molar-refractivity contribution in [2.45, 2.75) is 11.3 Å². The maximum atomic E-state index is 13.2. The van der Waals surface area contributed by atoms with Gasteiger partial charge < -0.3 is 4.74 Å². The molecule has 0 heterocycles. The predicted molar refractivity (Wildman–Crippen MR) is 44.9 cm³/mol. The summed E-state index contributed by atoms with van der Waals surface area (Å²) in [6.07, 6.45) is -3.30. The summed E-state index contributed by atoms with van der Waals surface area (Å²) in [6, 6.07) is 3.61. The Morgan fingerprint density at radius 2 is 1.93 bits per heavy atom. The zero-order valence-corrected chi connectivity index (χ0v) is 7.88. The molecule has 0 unspecified atom stereocenters. The molecule has 0 amide bonds. The molecule has 1 rings (SSSR count). The van der Waals surface area contributed by atoms with E-state index in [2.05, 4.69) is 4.74 Å². The summed E-state index contributed by atoms with van der Waals surface area (Å²) >= 11 is 1.01. The van der Waals surface area contributed by atoms with Crippen LogP contribution in [-0.4, -0.2) is 12.6 Å². The minimum atomic E-state index is -4.86. The molecule has 14 heavy (non-hydrogen) atoms. The van der Waals surface area contributed by atoms with E-state index < -0.39 is 17.9 Å². The second-order valence-corrected chi connectivity index (χ2v) is 3.17. The molecular weight excluding hydrogens is 220 g/mol. The molecule has 0 N–H and O–H groups in total. The molecule has 6 heteroatoms. The van der Waals surface area contributed by atoms with Gasteiger partial charge in [0.1, 0.15) is 0 Å². The van der Waals surface area contributed by atoms with Gasteiger partial charge in [0.15, 0.2) is 11.6 Å². The lowest BCUT2D eigenvalue weighted by Crippen LogP contribution is -2.18. The van der Waals surface area contributed by atoms with Gasteiger partial charge in [-0.3, -0.25) is 0 Å². The Balaban J connectivity index is 2.98. The molecule has 1 aromatic rings. The van der Waals surface area contributed by atoms with Gasteiger partial charge in [-0.05, 0) is 18.4 Å². The molecule has 0 aliphatic carbocycles. The molecule has 0 atom stereocenters. The molecule has 0 saturated heterocycles. The number of thioether (sulfide) groups is 1. The molecule has 0 aliphatic heterocycles. The molecule has 0 spiro atoms. The topological polar surface area (TPSA) is 9.23 Å². The first-order valence-electron chi connectivity index (χ1n) is 3.52.